The van der Waals surface area contributed by atoms with Crippen LogP contribution < -0.4 is 0 Å². The van der Waals surface area contributed by atoms with E-state index >= 15 is 0 Å². The van der Waals surface area contributed by atoms with Crippen molar-refractivity contribution in [1.82, 2.24) is 14.5 Å². The lowest BCUT2D eigenvalue weighted by atomic mass is 10.00. The van der Waals surface area contributed by atoms with Gasteiger partial charge in [-0.1, -0.05) is 45.3 Å². The quantitative estimate of drug-likeness (QED) is 0.482. The number of aliphatic hydroxyl groups is 1. The van der Waals surface area contributed by atoms with E-state index in [1.54, 1.807) is 12.5 Å². The summed E-state index contributed by atoms with van der Waals surface area (Å²) in [6.45, 7) is 5.76. The summed E-state index contributed by atoms with van der Waals surface area (Å²) in [6, 6.07) is -0.0845. The van der Waals surface area contributed by atoms with Gasteiger partial charge < -0.3 is 14.6 Å². The largest absolute Gasteiger partial charge is 0.503 e. The molecule has 1 atom stereocenters. The third-order valence-corrected chi connectivity index (χ3v) is 4.66. The van der Waals surface area contributed by atoms with Crippen molar-refractivity contribution in [1.29, 1.82) is 0 Å². The first kappa shape index (κ1) is 19.3. The van der Waals surface area contributed by atoms with Crippen molar-refractivity contribution < 1.29 is 9.90 Å². The Labute approximate surface area is 151 Å². The zero-order valence-corrected chi connectivity index (χ0v) is 15.5. The highest BCUT2D eigenvalue weighted by molar-refractivity contribution is 5.95. The molecular formula is C20H31N3O2. The highest BCUT2D eigenvalue weighted by Crippen LogP contribution is 2.30. The Balaban J connectivity index is 2.03. The summed E-state index contributed by atoms with van der Waals surface area (Å²) >= 11 is 0. The Morgan fingerprint density at radius 2 is 2.04 bits per heavy atom. The van der Waals surface area contributed by atoms with Crippen molar-refractivity contribution in [3.8, 4) is 0 Å². The zero-order valence-electron chi connectivity index (χ0n) is 15.5. The Morgan fingerprint density at radius 1 is 1.20 bits per heavy atom. The van der Waals surface area contributed by atoms with E-state index in [1.807, 2.05) is 15.7 Å². The molecule has 1 amide bonds. The van der Waals surface area contributed by atoms with Crippen LogP contribution in [0.15, 0.2) is 42.2 Å². The molecule has 0 aromatic carbocycles. The van der Waals surface area contributed by atoms with Crippen LogP contribution >= 0.6 is 0 Å². The fraction of sp³-hybridized carbons (Fsp3) is 0.600. The summed E-state index contributed by atoms with van der Waals surface area (Å²) in [5, 5.41) is 10.4. The summed E-state index contributed by atoms with van der Waals surface area (Å²) in [7, 11) is 0. The van der Waals surface area contributed by atoms with Crippen LogP contribution in [0, 0.1) is 0 Å². The minimum atomic E-state index is -0.219. The van der Waals surface area contributed by atoms with Crippen LogP contribution in [0.1, 0.15) is 58.8 Å². The third kappa shape index (κ3) is 5.21. The second-order valence-electron chi connectivity index (χ2n) is 6.65. The number of aromatic nitrogens is 2. The molecule has 1 N–H and O–H groups in total. The molecule has 2 rings (SSSR count). The minimum Gasteiger partial charge on any atom is -0.503 e. The van der Waals surface area contributed by atoms with Crippen LogP contribution in [0.25, 0.3) is 0 Å². The normalized spacial score (nSPS) is 18.1. The standard InChI is InChI=1S/C20H31N3O2/c1-3-5-7-10-17-18(11-8-6-4-2)23(20(25)19(17)24)14-9-13-22-15-12-21-16-22/h8,11-12,15-16,18,24H,3-7,9-10,13-14H2,1-2H3. The number of aliphatic hydroxyl groups excluding tert-OH is 1. The second kappa shape index (κ2) is 10.1. The van der Waals surface area contributed by atoms with Gasteiger partial charge in [0.2, 0.25) is 0 Å². The molecule has 1 aromatic heterocycles. The zero-order chi connectivity index (χ0) is 18.1. The number of rotatable bonds is 11. The Morgan fingerprint density at radius 3 is 2.72 bits per heavy atom. The first-order valence-electron chi connectivity index (χ1n) is 9.54. The number of nitrogens with zero attached hydrogens (tertiary/aromatic N) is 3. The van der Waals surface area contributed by atoms with Crippen LogP contribution in [0.3, 0.4) is 0 Å². The SMILES string of the molecule is CCCC=CC1C(CCCCC)=C(O)C(=O)N1CCCn1ccnc1. The lowest BCUT2D eigenvalue weighted by Crippen LogP contribution is -2.35. The van der Waals surface area contributed by atoms with Crippen LogP contribution in [0.5, 0.6) is 0 Å². The molecule has 0 aliphatic carbocycles. The van der Waals surface area contributed by atoms with Crippen LogP contribution in [-0.4, -0.2) is 38.1 Å². The van der Waals surface area contributed by atoms with E-state index in [-0.39, 0.29) is 17.7 Å². The van der Waals surface area contributed by atoms with Crippen molar-refractivity contribution in [2.45, 2.75) is 71.4 Å². The van der Waals surface area contributed by atoms with E-state index in [2.05, 4.69) is 31.0 Å². The van der Waals surface area contributed by atoms with Crippen molar-refractivity contribution in [3.05, 3.63) is 42.2 Å². The predicted molar refractivity (Wildman–Crippen MR) is 100 cm³/mol. The number of unbranched alkanes of at least 4 members (excludes halogenated alkanes) is 3. The number of hydrogen-bond acceptors (Lipinski definition) is 3. The van der Waals surface area contributed by atoms with Crippen molar-refractivity contribution in [2.24, 2.45) is 0 Å². The van der Waals surface area contributed by atoms with Gasteiger partial charge in [0, 0.05) is 31.1 Å². The molecule has 1 unspecified atom stereocenters. The number of carbonyl (C=O) groups excluding carboxylic acids is 1. The molecule has 0 saturated carbocycles. The van der Waals surface area contributed by atoms with Gasteiger partial charge >= 0.3 is 0 Å². The predicted octanol–water partition coefficient (Wildman–Crippen LogP) is 4.23. The monoisotopic (exact) mass is 345 g/mol. The molecular weight excluding hydrogens is 314 g/mol. The maximum absolute atomic E-state index is 12.5. The molecule has 0 saturated heterocycles. The topological polar surface area (TPSA) is 58.4 Å². The number of allylic oxidation sites excluding steroid dienone is 1. The summed E-state index contributed by atoms with van der Waals surface area (Å²) in [4.78, 5) is 18.4. The fourth-order valence-corrected chi connectivity index (χ4v) is 3.25. The highest BCUT2D eigenvalue weighted by atomic mass is 16.3. The van der Waals surface area contributed by atoms with Crippen molar-refractivity contribution >= 4 is 5.91 Å². The van der Waals surface area contributed by atoms with Gasteiger partial charge in [-0.2, -0.15) is 0 Å². The summed E-state index contributed by atoms with van der Waals surface area (Å²) < 4.78 is 2.01. The molecule has 138 valence electrons. The van der Waals surface area contributed by atoms with Gasteiger partial charge in [0.1, 0.15) is 0 Å². The molecule has 1 aliphatic heterocycles. The smallest absolute Gasteiger partial charge is 0.289 e. The maximum Gasteiger partial charge on any atom is 0.289 e. The fourth-order valence-electron chi connectivity index (χ4n) is 3.25. The highest BCUT2D eigenvalue weighted by Gasteiger charge is 2.36. The molecule has 1 aromatic rings. The lowest BCUT2D eigenvalue weighted by molar-refractivity contribution is -0.128. The van der Waals surface area contributed by atoms with E-state index in [0.717, 1.165) is 57.1 Å². The first-order chi connectivity index (χ1) is 12.2. The summed E-state index contributed by atoms with van der Waals surface area (Å²) in [6.07, 6.45) is 16.7. The number of hydrogen-bond donors (Lipinski definition) is 1. The summed E-state index contributed by atoms with van der Waals surface area (Å²) in [5.41, 5.74) is 0.897. The van der Waals surface area contributed by atoms with Crippen molar-refractivity contribution in [2.75, 3.05) is 6.54 Å². The number of imidazole rings is 1. The maximum atomic E-state index is 12.5. The molecule has 0 fully saturated rings. The Hall–Kier alpha value is -2.04. The van der Waals surface area contributed by atoms with Crippen LogP contribution in [0.4, 0.5) is 0 Å². The molecule has 5 heteroatoms. The summed E-state index contributed by atoms with van der Waals surface area (Å²) in [5.74, 6) is -0.242. The average Bonchev–Trinajstić information content (AvgIpc) is 3.20. The molecule has 1 aliphatic rings. The van der Waals surface area contributed by atoms with Crippen LogP contribution in [-0.2, 0) is 11.3 Å². The molecule has 25 heavy (non-hydrogen) atoms. The van der Waals surface area contributed by atoms with Gasteiger partial charge in [-0.15, -0.1) is 0 Å². The van der Waals surface area contributed by atoms with E-state index in [0.29, 0.717) is 6.54 Å². The van der Waals surface area contributed by atoms with E-state index in [4.69, 9.17) is 0 Å². The Bertz CT molecular complexity index is 590. The average molecular weight is 345 g/mol. The second-order valence-corrected chi connectivity index (χ2v) is 6.65. The lowest BCUT2D eigenvalue weighted by Gasteiger charge is -2.24. The van der Waals surface area contributed by atoms with Gasteiger partial charge in [0.25, 0.3) is 5.91 Å². The first-order valence-corrected chi connectivity index (χ1v) is 9.54. The minimum absolute atomic E-state index is 0.0233. The Kier molecular flexibility index (Phi) is 7.76. The van der Waals surface area contributed by atoms with E-state index < -0.39 is 0 Å². The third-order valence-electron chi connectivity index (χ3n) is 4.66. The van der Waals surface area contributed by atoms with E-state index in [9.17, 15) is 9.90 Å². The van der Waals surface area contributed by atoms with Gasteiger partial charge in [0.05, 0.1) is 12.4 Å². The van der Waals surface area contributed by atoms with Gasteiger partial charge in [0.15, 0.2) is 5.76 Å². The van der Waals surface area contributed by atoms with Gasteiger partial charge in [-0.05, 0) is 25.7 Å². The molecule has 0 spiro atoms. The number of carbonyl (C=O) groups is 1. The van der Waals surface area contributed by atoms with Crippen LogP contribution in [0.2, 0.25) is 0 Å². The van der Waals surface area contributed by atoms with E-state index in [1.165, 1.54) is 0 Å². The number of amides is 1. The molecule has 2 heterocycles. The molecule has 0 bridgehead atoms. The molecule has 5 nitrogen and oxygen atoms in total. The van der Waals surface area contributed by atoms with Gasteiger partial charge in [-0.3, -0.25) is 4.79 Å². The van der Waals surface area contributed by atoms with Crippen molar-refractivity contribution in [3.63, 3.8) is 0 Å². The number of aryl methyl sites for hydroxylation is 1. The van der Waals surface area contributed by atoms with Gasteiger partial charge in [-0.25, -0.2) is 4.98 Å². The molecule has 0 radical (unpaired) electrons.